The second kappa shape index (κ2) is 3.60. The number of aromatic amines is 1. The zero-order valence-electron chi connectivity index (χ0n) is 9.60. The van der Waals surface area contributed by atoms with Crippen LogP contribution in [0.3, 0.4) is 0 Å². The van der Waals surface area contributed by atoms with E-state index in [0.717, 1.165) is 28.7 Å². The molecule has 2 aromatic rings. The summed E-state index contributed by atoms with van der Waals surface area (Å²) in [5.74, 6) is -1.18. The summed E-state index contributed by atoms with van der Waals surface area (Å²) < 4.78 is 0. The summed E-state index contributed by atoms with van der Waals surface area (Å²) in [4.78, 5) is 16.7. The first-order valence-electron chi connectivity index (χ1n) is 5.67. The number of H-pyrrole nitrogens is 1. The minimum absolute atomic E-state index is 0.431. The summed E-state index contributed by atoms with van der Waals surface area (Å²) in [7, 11) is 1.95. The van der Waals surface area contributed by atoms with Gasteiger partial charge in [-0.15, -0.1) is 0 Å². The molecule has 0 spiro atoms. The molecule has 1 aliphatic rings. The lowest BCUT2D eigenvalue weighted by atomic mass is 9.92. The number of nitrogens with zero attached hydrogens (tertiary/aromatic N) is 1. The lowest BCUT2D eigenvalue weighted by molar-refractivity contribution is -0.139. The SMILES string of the molecule is CN1Cc2[nH]c3ccccc3c2[C@H](C(=O)O)C1. The molecule has 2 N–H and O–H groups in total. The second-order valence-corrected chi connectivity index (χ2v) is 4.65. The Hall–Kier alpha value is -1.81. The van der Waals surface area contributed by atoms with E-state index in [2.05, 4.69) is 4.98 Å². The fraction of sp³-hybridized carbons (Fsp3) is 0.308. The van der Waals surface area contributed by atoms with Gasteiger partial charge < -0.3 is 10.1 Å². The number of aromatic nitrogens is 1. The minimum atomic E-state index is -0.748. The lowest BCUT2D eigenvalue weighted by Crippen LogP contribution is -2.33. The highest BCUT2D eigenvalue weighted by molar-refractivity contribution is 5.91. The van der Waals surface area contributed by atoms with E-state index >= 15 is 0 Å². The Morgan fingerprint density at radius 3 is 3.00 bits per heavy atom. The van der Waals surface area contributed by atoms with Crippen molar-refractivity contribution in [1.29, 1.82) is 0 Å². The van der Waals surface area contributed by atoms with Crippen molar-refractivity contribution in [3.05, 3.63) is 35.5 Å². The number of carbonyl (C=O) groups is 1. The first-order valence-corrected chi connectivity index (χ1v) is 5.67. The predicted molar refractivity (Wildman–Crippen MR) is 65.0 cm³/mol. The number of fused-ring (bicyclic) bond motifs is 3. The first-order chi connectivity index (χ1) is 8.16. The molecule has 88 valence electrons. The molecule has 0 unspecified atom stereocenters. The van der Waals surface area contributed by atoms with Crippen LogP contribution in [0.1, 0.15) is 17.2 Å². The summed E-state index contributed by atoms with van der Waals surface area (Å²) in [6, 6.07) is 7.90. The average Bonchev–Trinajstić information content (AvgIpc) is 2.65. The van der Waals surface area contributed by atoms with Crippen molar-refractivity contribution in [2.45, 2.75) is 12.5 Å². The summed E-state index contributed by atoms with van der Waals surface area (Å²) in [6.45, 7) is 1.36. The lowest BCUT2D eigenvalue weighted by Gasteiger charge is -2.27. The van der Waals surface area contributed by atoms with Gasteiger partial charge in [-0.25, -0.2) is 0 Å². The van der Waals surface area contributed by atoms with Gasteiger partial charge in [0.05, 0.1) is 5.92 Å². The third-order valence-electron chi connectivity index (χ3n) is 3.40. The van der Waals surface area contributed by atoms with Gasteiger partial charge in [-0.2, -0.15) is 0 Å². The van der Waals surface area contributed by atoms with Crippen LogP contribution in [0.25, 0.3) is 10.9 Å². The Labute approximate surface area is 98.9 Å². The molecule has 2 heterocycles. The molecule has 1 atom stereocenters. The van der Waals surface area contributed by atoms with Gasteiger partial charge in [0.25, 0.3) is 0 Å². The van der Waals surface area contributed by atoms with E-state index in [1.165, 1.54) is 0 Å². The van der Waals surface area contributed by atoms with Crippen molar-refractivity contribution in [3.63, 3.8) is 0 Å². The maximum atomic E-state index is 11.4. The molecule has 0 fully saturated rings. The molecule has 1 aromatic heterocycles. The van der Waals surface area contributed by atoms with Crippen LogP contribution in [0, 0.1) is 0 Å². The van der Waals surface area contributed by atoms with Gasteiger partial charge in [-0.3, -0.25) is 9.69 Å². The molecule has 4 nitrogen and oxygen atoms in total. The van der Waals surface area contributed by atoms with Crippen molar-refractivity contribution < 1.29 is 9.90 Å². The number of hydrogen-bond donors (Lipinski definition) is 2. The Kier molecular flexibility index (Phi) is 2.19. The number of carboxylic acid groups (broad SMARTS) is 1. The number of nitrogens with one attached hydrogen (secondary N) is 1. The summed E-state index contributed by atoms with van der Waals surface area (Å²) >= 11 is 0. The van der Waals surface area contributed by atoms with Crippen LogP contribution in [-0.2, 0) is 11.3 Å². The molecule has 0 aliphatic carbocycles. The van der Waals surface area contributed by atoms with Gasteiger partial charge in [0.2, 0.25) is 0 Å². The summed E-state index contributed by atoms with van der Waals surface area (Å²) in [5, 5.41) is 10.4. The Morgan fingerprint density at radius 2 is 2.24 bits per heavy atom. The highest BCUT2D eigenvalue weighted by Crippen LogP contribution is 2.34. The molecule has 3 rings (SSSR count). The van der Waals surface area contributed by atoms with Crippen LogP contribution in [0.4, 0.5) is 0 Å². The van der Waals surface area contributed by atoms with Crippen LogP contribution in [0.15, 0.2) is 24.3 Å². The number of hydrogen-bond acceptors (Lipinski definition) is 2. The quantitative estimate of drug-likeness (QED) is 0.785. The Morgan fingerprint density at radius 1 is 1.47 bits per heavy atom. The van der Waals surface area contributed by atoms with Crippen LogP contribution in [0.5, 0.6) is 0 Å². The third kappa shape index (κ3) is 1.52. The topological polar surface area (TPSA) is 56.3 Å². The van der Waals surface area contributed by atoms with Gasteiger partial charge >= 0.3 is 5.97 Å². The van der Waals surface area contributed by atoms with E-state index in [4.69, 9.17) is 0 Å². The number of aliphatic carboxylic acids is 1. The number of rotatable bonds is 1. The zero-order chi connectivity index (χ0) is 12.0. The number of likely N-dealkylation sites (N-methyl/N-ethyl adjacent to an activating group) is 1. The van der Waals surface area contributed by atoms with Crippen molar-refractivity contribution in [2.75, 3.05) is 13.6 Å². The van der Waals surface area contributed by atoms with Crippen molar-refractivity contribution in [2.24, 2.45) is 0 Å². The largest absolute Gasteiger partial charge is 0.481 e. The smallest absolute Gasteiger partial charge is 0.312 e. The molecular formula is C13H14N2O2. The summed E-state index contributed by atoms with van der Waals surface area (Å²) in [5.41, 5.74) is 3.03. The van der Waals surface area contributed by atoms with E-state index in [1.54, 1.807) is 0 Å². The van der Waals surface area contributed by atoms with E-state index < -0.39 is 11.9 Å². The van der Waals surface area contributed by atoms with E-state index in [1.807, 2.05) is 36.2 Å². The standard InChI is InChI=1S/C13H14N2O2/c1-15-6-9(13(16)17)12-8-4-2-3-5-10(8)14-11(12)7-15/h2-5,9,14H,6-7H2,1H3,(H,16,17)/t9-/m1/s1. The van der Waals surface area contributed by atoms with Crippen molar-refractivity contribution >= 4 is 16.9 Å². The van der Waals surface area contributed by atoms with Crippen molar-refractivity contribution in [1.82, 2.24) is 9.88 Å². The van der Waals surface area contributed by atoms with Gasteiger partial charge in [-0.1, -0.05) is 18.2 Å². The molecule has 17 heavy (non-hydrogen) atoms. The van der Waals surface area contributed by atoms with E-state index in [9.17, 15) is 9.90 Å². The molecule has 4 heteroatoms. The predicted octanol–water partition coefficient (Wildman–Crippen LogP) is 1.78. The zero-order valence-corrected chi connectivity index (χ0v) is 9.60. The molecule has 1 aromatic carbocycles. The highest BCUT2D eigenvalue weighted by atomic mass is 16.4. The maximum absolute atomic E-state index is 11.4. The fourth-order valence-electron chi connectivity index (χ4n) is 2.68. The minimum Gasteiger partial charge on any atom is -0.481 e. The number of carboxylic acids is 1. The van der Waals surface area contributed by atoms with Crippen LogP contribution < -0.4 is 0 Å². The number of para-hydroxylation sites is 1. The van der Waals surface area contributed by atoms with Crippen LogP contribution >= 0.6 is 0 Å². The van der Waals surface area contributed by atoms with Crippen LogP contribution in [-0.4, -0.2) is 34.6 Å². The van der Waals surface area contributed by atoms with Crippen LogP contribution in [0.2, 0.25) is 0 Å². The third-order valence-corrected chi connectivity index (χ3v) is 3.40. The van der Waals surface area contributed by atoms with Gasteiger partial charge in [0.15, 0.2) is 0 Å². The van der Waals surface area contributed by atoms with Gasteiger partial charge in [0.1, 0.15) is 0 Å². The molecular weight excluding hydrogens is 216 g/mol. The molecule has 0 radical (unpaired) electrons. The summed E-state index contributed by atoms with van der Waals surface area (Å²) in [6.07, 6.45) is 0. The fourth-order valence-corrected chi connectivity index (χ4v) is 2.68. The molecule has 0 amide bonds. The monoisotopic (exact) mass is 230 g/mol. The molecule has 0 saturated heterocycles. The van der Waals surface area contributed by atoms with E-state index in [0.29, 0.717) is 6.54 Å². The Bertz CT molecular complexity index is 588. The normalized spacial score (nSPS) is 20.4. The first kappa shape index (κ1) is 10.4. The molecule has 1 aliphatic heterocycles. The Balaban J connectivity index is 2.26. The van der Waals surface area contributed by atoms with E-state index in [-0.39, 0.29) is 0 Å². The average molecular weight is 230 g/mol. The highest BCUT2D eigenvalue weighted by Gasteiger charge is 2.31. The second-order valence-electron chi connectivity index (χ2n) is 4.65. The maximum Gasteiger partial charge on any atom is 0.312 e. The molecule has 0 bridgehead atoms. The number of benzene rings is 1. The van der Waals surface area contributed by atoms with Gasteiger partial charge in [-0.05, 0) is 18.7 Å². The van der Waals surface area contributed by atoms with Gasteiger partial charge in [0, 0.05) is 29.7 Å². The molecule has 0 saturated carbocycles. The van der Waals surface area contributed by atoms with Crippen molar-refractivity contribution in [3.8, 4) is 0 Å².